The molecular formula is C21H25N3O4S2. The molecule has 2 atom stereocenters. The zero-order chi connectivity index (χ0) is 21.1. The summed E-state index contributed by atoms with van der Waals surface area (Å²) in [4.78, 5) is 27.6. The Kier molecular flexibility index (Phi) is 6.21. The van der Waals surface area contributed by atoms with E-state index in [4.69, 9.17) is 0 Å². The van der Waals surface area contributed by atoms with Crippen molar-refractivity contribution in [2.75, 3.05) is 24.6 Å². The second kappa shape index (κ2) is 8.87. The number of likely N-dealkylation sites (tertiary alicyclic amines) is 1. The van der Waals surface area contributed by atoms with Gasteiger partial charge in [-0.1, -0.05) is 18.2 Å². The fraction of sp³-hybridized carbons (Fsp3) is 0.429. The smallest absolute Gasteiger partial charge is 0.261 e. The van der Waals surface area contributed by atoms with Crippen LogP contribution in [0.1, 0.15) is 38.4 Å². The first kappa shape index (κ1) is 21.0. The van der Waals surface area contributed by atoms with Crippen LogP contribution in [0.2, 0.25) is 0 Å². The number of rotatable bonds is 6. The van der Waals surface area contributed by atoms with Crippen molar-refractivity contribution in [3.8, 4) is 0 Å². The van der Waals surface area contributed by atoms with Crippen LogP contribution in [0.4, 0.5) is 0 Å². The van der Waals surface area contributed by atoms with E-state index < -0.39 is 9.84 Å². The lowest BCUT2D eigenvalue weighted by Crippen LogP contribution is -2.50. The lowest BCUT2D eigenvalue weighted by atomic mass is 10.1. The Morgan fingerprint density at radius 2 is 1.77 bits per heavy atom. The summed E-state index contributed by atoms with van der Waals surface area (Å²) in [6.45, 7) is 2.15. The lowest BCUT2D eigenvalue weighted by molar-refractivity contribution is 0.0916. The molecule has 0 spiro atoms. The summed E-state index contributed by atoms with van der Waals surface area (Å²) >= 11 is 1.39. The third-order valence-electron chi connectivity index (χ3n) is 5.66. The van der Waals surface area contributed by atoms with Crippen LogP contribution in [-0.4, -0.2) is 61.8 Å². The van der Waals surface area contributed by atoms with Gasteiger partial charge in [0.25, 0.3) is 11.8 Å². The topological polar surface area (TPSA) is 95.6 Å². The van der Waals surface area contributed by atoms with E-state index in [0.717, 1.165) is 31.5 Å². The Hall–Kier alpha value is -2.23. The molecule has 2 fully saturated rings. The third kappa shape index (κ3) is 4.91. The quantitative estimate of drug-likeness (QED) is 0.702. The van der Waals surface area contributed by atoms with Gasteiger partial charge in [-0.2, -0.15) is 0 Å². The largest absolute Gasteiger partial charge is 0.347 e. The van der Waals surface area contributed by atoms with E-state index in [9.17, 15) is 18.0 Å². The minimum Gasteiger partial charge on any atom is -0.347 e. The first-order chi connectivity index (χ1) is 14.4. The van der Waals surface area contributed by atoms with Gasteiger partial charge >= 0.3 is 0 Å². The van der Waals surface area contributed by atoms with E-state index in [0.29, 0.717) is 17.0 Å². The average Bonchev–Trinajstić information content (AvgIpc) is 3.47. The van der Waals surface area contributed by atoms with Crippen molar-refractivity contribution in [3.05, 3.63) is 57.8 Å². The van der Waals surface area contributed by atoms with Gasteiger partial charge in [0, 0.05) is 18.2 Å². The highest BCUT2D eigenvalue weighted by Gasteiger charge is 2.42. The number of hydrogen-bond acceptors (Lipinski definition) is 6. The highest BCUT2D eigenvalue weighted by atomic mass is 32.2. The predicted octanol–water partition coefficient (Wildman–Crippen LogP) is 1.67. The standard InChI is InChI=1S/C21H25N3O4S2/c25-20(23-17-13-30(27,28)14-18(17)24-9-1-2-10-24)16-7-5-15(6-8-16)12-22-21(26)19-4-3-11-29-19/h3-8,11,17-18H,1-2,9-10,12-14H2,(H,22,26)(H,23,25). The maximum absolute atomic E-state index is 12.7. The van der Waals surface area contributed by atoms with Crippen molar-refractivity contribution in [2.45, 2.75) is 31.5 Å². The van der Waals surface area contributed by atoms with Gasteiger partial charge in [0.05, 0.1) is 22.4 Å². The maximum atomic E-state index is 12.7. The van der Waals surface area contributed by atoms with E-state index in [1.54, 1.807) is 30.3 Å². The van der Waals surface area contributed by atoms with Crippen LogP contribution in [-0.2, 0) is 16.4 Å². The van der Waals surface area contributed by atoms with Crippen molar-refractivity contribution in [1.82, 2.24) is 15.5 Å². The Morgan fingerprint density at radius 1 is 1.03 bits per heavy atom. The van der Waals surface area contributed by atoms with Crippen LogP contribution >= 0.6 is 11.3 Å². The fourth-order valence-corrected chi connectivity index (χ4v) is 6.70. The molecule has 2 aliphatic heterocycles. The zero-order valence-electron chi connectivity index (χ0n) is 16.5. The van der Waals surface area contributed by atoms with Gasteiger partial charge in [0.1, 0.15) is 0 Å². The van der Waals surface area contributed by atoms with Crippen LogP contribution in [0.15, 0.2) is 41.8 Å². The zero-order valence-corrected chi connectivity index (χ0v) is 18.2. The Labute approximate surface area is 180 Å². The number of thiophene rings is 1. The van der Waals surface area contributed by atoms with Gasteiger partial charge in [-0.25, -0.2) is 8.42 Å². The second-order valence-electron chi connectivity index (χ2n) is 7.82. The fourth-order valence-electron chi connectivity index (χ4n) is 4.10. The maximum Gasteiger partial charge on any atom is 0.261 e. The molecule has 2 aromatic rings. The predicted molar refractivity (Wildman–Crippen MR) is 116 cm³/mol. The van der Waals surface area contributed by atoms with E-state index in [1.165, 1.54) is 11.3 Å². The van der Waals surface area contributed by atoms with Crippen LogP contribution < -0.4 is 10.6 Å². The third-order valence-corrected chi connectivity index (χ3v) is 8.25. The van der Waals surface area contributed by atoms with Gasteiger partial charge < -0.3 is 10.6 Å². The molecule has 1 aromatic heterocycles. The summed E-state index contributed by atoms with van der Waals surface area (Å²) in [6.07, 6.45) is 2.14. The summed E-state index contributed by atoms with van der Waals surface area (Å²) in [6, 6.07) is 10.1. The van der Waals surface area contributed by atoms with Crippen LogP contribution in [0.25, 0.3) is 0 Å². The van der Waals surface area contributed by atoms with E-state index in [2.05, 4.69) is 15.5 Å². The molecule has 2 saturated heterocycles. The van der Waals surface area contributed by atoms with Crippen LogP contribution in [0, 0.1) is 0 Å². The molecule has 9 heteroatoms. The molecule has 0 bridgehead atoms. The monoisotopic (exact) mass is 447 g/mol. The first-order valence-electron chi connectivity index (χ1n) is 10.1. The highest BCUT2D eigenvalue weighted by Crippen LogP contribution is 2.23. The van der Waals surface area contributed by atoms with Crippen LogP contribution in [0.5, 0.6) is 0 Å². The number of amides is 2. The van der Waals surface area contributed by atoms with Gasteiger partial charge in [0.15, 0.2) is 9.84 Å². The summed E-state index contributed by atoms with van der Waals surface area (Å²) in [5.41, 5.74) is 1.36. The van der Waals surface area contributed by atoms with Crippen molar-refractivity contribution < 1.29 is 18.0 Å². The number of nitrogens with zero attached hydrogens (tertiary/aromatic N) is 1. The van der Waals surface area contributed by atoms with Crippen molar-refractivity contribution in [2.24, 2.45) is 0 Å². The molecule has 3 heterocycles. The van der Waals surface area contributed by atoms with Crippen molar-refractivity contribution in [3.63, 3.8) is 0 Å². The Bertz CT molecular complexity index is 997. The molecule has 4 rings (SSSR count). The molecule has 2 N–H and O–H groups in total. The van der Waals surface area contributed by atoms with Crippen LogP contribution in [0.3, 0.4) is 0 Å². The van der Waals surface area contributed by atoms with E-state index >= 15 is 0 Å². The molecule has 2 unspecified atom stereocenters. The Balaban J connectivity index is 1.35. The lowest BCUT2D eigenvalue weighted by Gasteiger charge is -2.28. The summed E-state index contributed by atoms with van der Waals surface area (Å²) < 4.78 is 24.3. The van der Waals surface area contributed by atoms with E-state index in [1.807, 2.05) is 11.4 Å². The SMILES string of the molecule is O=C(NC1CS(=O)(=O)CC1N1CCCC1)c1ccc(CNC(=O)c2cccs2)cc1. The number of benzene rings is 1. The molecule has 2 aliphatic rings. The van der Waals surface area contributed by atoms with Gasteiger partial charge in [-0.15, -0.1) is 11.3 Å². The van der Waals surface area contributed by atoms with Gasteiger partial charge in [0.2, 0.25) is 0 Å². The number of carbonyl (C=O) groups is 2. The normalized spacial score (nSPS) is 23.3. The molecule has 0 saturated carbocycles. The molecule has 2 amide bonds. The molecule has 7 nitrogen and oxygen atoms in total. The Morgan fingerprint density at radius 3 is 2.43 bits per heavy atom. The highest BCUT2D eigenvalue weighted by molar-refractivity contribution is 7.91. The minimum atomic E-state index is -3.15. The van der Waals surface area contributed by atoms with E-state index in [-0.39, 0.29) is 35.4 Å². The first-order valence-corrected chi connectivity index (χ1v) is 12.8. The van der Waals surface area contributed by atoms with Gasteiger partial charge in [-0.05, 0) is 55.1 Å². The minimum absolute atomic E-state index is 0.00720. The molecule has 1 aromatic carbocycles. The molecular weight excluding hydrogens is 422 g/mol. The molecule has 160 valence electrons. The number of sulfone groups is 1. The average molecular weight is 448 g/mol. The van der Waals surface area contributed by atoms with Gasteiger partial charge in [-0.3, -0.25) is 14.5 Å². The molecule has 0 aliphatic carbocycles. The summed E-state index contributed by atoms with van der Waals surface area (Å²) in [5.74, 6) is -0.286. The summed E-state index contributed by atoms with van der Waals surface area (Å²) in [7, 11) is -3.15. The number of carbonyl (C=O) groups excluding carboxylic acids is 2. The van der Waals surface area contributed by atoms with Crippen molar-refractivity contribution >= 4 is 33.0 Å². The molecule has 30 heavy (non-hydrogen) atoms. The van der Waals surface area contributed by atoms with Crippen molar-refractivity contribution in [1.29, 1.82) is 0 Å². The second-order valence-corrected chi connectivity index (χ2v) is 10.9. The number of nitrogens with one attached hydrogen (secondary N) is 2. The molecule has 0 radical (unpaired) electrons. The number of hydrogen-bond donors (Lipinski definition) is 2. The summed E-state index contributed by atoms with van der Waals surface area (Å²) in [5, 5.41) is 7.64.